The molecule has 2 N–H and O–H groups in total. The monoisotopic (exact) mass is 333 g/mol. The van der Waals surface area contributed by atoms with Crippen molar-refractivity contribution in [3.63, 3.8) is 0 Å². The molecule has 3 aliphatic rings. The van der Waals surface area contributed by atoms with E-state index in [9.17, 15) is 4.79 Å². The number of hydrogen-bond donors (Lipinski definition) is 2. The minimum atomic E-state index is 0.0614. The van der Waals surface area contributed by atoms with Gasteiger partial charge in [0, 0.05) is 35.6 Å². The highest BCUT2D eigenvalue weighted by Gasteiger charge is 2.40. The van der Waals surface area contributed by atoms with E-state index in [1.165, 1.54) is 6.42 Å². The van der Waals surface area contributed by atoms with Crippen molar-refractivity contribution >= 4 is 29.8 Å². The normalized spacial score (nSPS) is 30.1. The molecule has 116 valence electrons. The van der Waals surface area contributed by atoms with Crippen LogP contribution in [0.4, 0.5) is 0 Å². The minimum Gasteiger partial charge on any atom is -0.349 e. The average Bonchev–Trinajstić information content (AvgIpc) is 3.25. The third kappa shape index (κ3) is 3.06. The van der Waals surface area contributed by atoms with Crippen molar-refractivity contribution < 1.29 is 4.79 Å². The summed E-state index contributed by atoms with van der Waals surface area (Å²) in [7, 11) is 0. The van der Waals surface area contributed by atoms with Gasteiger partial charge in [0.15, 0.2) is 0 Å². The van der Waals surface area contributed by atoms with Crippen LogP contribution in [-0.4, -0.2) is 34.8 Å². The van der Waals surface area contributed by atoms with Crippen LogP contribution in [0.1, 0.15) is 23.2 Å². The lowest BCUT2D eigenvalue weighted by molar-refractivity contribution is 0.0925. The van der Waals surface area contributed by atoms with E-state index in [4.69, 9.17) is 0 Å². The Hall–Kier alpha value is -0.950. The molecule has 22 heavy (non-hydrogen) atoms. The summed E-state index contributed by atoms with van der Waals surface area (Å²) in [4.78, 5) is 13.5. The number of piperidine rings is 1. The van der Waals surface area contributed by atoms with E-state index in [1.807, 2.05) is 24.3 Å². The molecule has 0 spiro atoms. The molecule has 1 amide bonds. The van der Waals surface area contributed by atoms with E-state index in [2.05, 4.69) is 25.8 Å². The van der Waals surface area contributed by atoms with Gasteiger partial charge >= 0.3 is 0 Å². The van der Waals surface area contributed by atoms with Gasteiger partial charge in [0.2, 0.25) is 0 Å². The number of rotatable bonds is 4. The van der Waals surface area contributed by atoms with Crippen molar-refractivity contribution in [2.45, 2.75) is 29.8 Å². The highest BCUT2D eigenvalue weighted by molar-refractivity contribution is 8.13. The highest BCUT2D eigenvalue weighted by Crippen LogP contribution is 2.33. The number of nitrogens with zero attached hydrogens (tertiary/aromatic N) is 1. The standard InChI is InChI=1S/C16H19N3OS2/c20-16(18-15-9-13-8-12(15)10-17-13)11-2-4-14(5-3-11)22-19-6-1-7-21-19/h1-5,7,12-13,15,17H,6,8-10H2,(H,18,20). The van der Waals surface area contributed by atoms with E-state index >= 15 is 0 Å². The van der Waals surface area contributed by atoms with Gasteiger partial charge < -0.3 is 10.6 Å². The minimum absolute atomic E-state index is 0.0614. The van der Waals surface area contributed by atoms with Crippen LogP contribution in [0.5, 0.6) is 0 Å². The maximum atomic E-state index is 12.4. The maximum absolute atomic E-state index is 12.4. The van der Waals surface area contributed by atoms with Crippen LogP contribution >= 0.6 is 23.9 Å². The quantitative estimate of drug-likeness (QED) is 0.830. The number of amides is 1. The number of hydrogen-bond acceptors (Lipinski definition) is 5. The Morgan fingerprint density at radius 3 is 2.82 bits per heavy atom. The van der Waals surface area contributed by atoms with Gasteiger partial charge in [-0.1, -0.05) is 6.08 Å². The molecule has 2 bridgehead atoms. The number of nitrogens with one attached hydrogen (secondary N) is 2. The SMILES string of the molecule is O=C(NC1CC2CC1CN2)c1ccc(SN2CC=CS2)cc1. The lowest BCUT2D eigenvalue weighted by Gasteiger charge is -2.23. The van der Waals surface area contributed by atoms with Gasteiger partial charge in [0.25, 0.3) is 5.91 Å². The first-order valence-electron chi connectivity index (χ1n) is 7.69. The van der Waals surface area contributed by atoms with Gasteiger partial charge in [-0.25, -0.2) is 0 Å². The van der Waals surface area contributed by atoms with E-state index in [0.717, 1.165) is 30.0 Å². The molecule has 3 atom stereocenters. The van der Waals surface area contributed by atoms with Crippen molar-refractivity contribution in [1.82, 2.24) is 14.3 Å². The van der Waals surface area contributed by atoms with Crippen molar-refractivity contribution in [3.8, 4) is 0 Å². The smallest absolute Gasteiger partial charge is 0.251 e. The second kappa shape index (κ2) is 6.28. The van der Waals surface area contributed by atoms with Crippen LogP contribution in [0, 0.1) is 5.92 Å². The molecule has 2 heterocycles. The van der Waals surface area contributed by atoms with Gasteiger partial charge in [-0.2, -0.15) is 3.71 Å². The zero-order valence-corrected chi connectivity index (χ0v) is 13.8. The molecule has 1 aliphatic carbocycles. The Bertz CT molecular complexity index is 582. The number of carbonyl (C=O) groups excluding carboxylic acids is 1. The fourth-order valence-corrected chi connectivity index (χ4v) is 5.10. The second-order valence-corrected chi connectivity index (χ2v) is 8.27. The first-order chi connectivity index (χ1) is 10.8. The molecule has 2 aliphatic heterocycles. The number of fused-ring (bicyclic) bond motifs is 2. The van der Waals surface area contributed by atoms with E-state index in [-0.39, 0.29) is 5.91 Å². The van der Waals surface area contributed by atoms with Crippen LogP contribution in [0.2, 0.25) is 0 Å². The van der Waals surface area contributed by atoms with Crippen LogP contribution in [0.25, 0.3) is 0 Å². The molecule has 0 aromatic heterocycles. The molecule has 6 heteroatoms. The van der Waals surface area contributed by atoms with Crippen LogP contribution in [0.15, 0.2) is 40.6 Å². The predicted octanol–water partition coefficient (Wildman–Crippen LogP) is 2.65. The third-order valence-corrected chi connectivity index (χ3v) is 6.55. The molecule has 4 rings (SSSR count). The Labute approximate surface area is 139 Å². The number of benzene rings is 1. The van der Waals surface area contributed by atoms with Crippen LogP contribution in [-0.2, 0) is 0 Å². The average molecular weight is 333 g/mol. The van der Waals surface area contributed by atoms with E-state index in [1.54, 1.807) is 23.9 Å². The molecule has 4 nitrogen and oxygen atoms in total. The summed E-state index contributed by atoms with van der Waals surface area (Å²) in [5, 5.41) is 8.78. The summed E-state index contributed by atoms with van der Waals surface area (Å²) < 4.78 is 2.21. The number of carbonyl (C=O) groups is 1. The lowest BCUT2D eigenvalue weighted by atomic mass is 10.0. The molecule has 2 fully saturated rings. The summed E-state index contributed by atoms with van der Waals surface area (Å²) in [6.07, 6.45) is 4.43. The second-order valence-electron chi connectivity index (χ2n) is 6.02. The summed E-state index contributed by atoms with van der Waals surface area (Å²) in [6.45, 7) is 2.00. The van der Waals surface area contributed by atoms with Gasteiger partial charge in [-0.05, 0) is 72.3 Å². The summed E-state index contributed by atoms with van der Waals surface area (Å²) in [5.41, 5.74) is 0.757. The largest absolute Gasteiger partial charge is 0.349 e. The van der Waals surface area contributed by atoms with Gasteiger partial charge in [-0.3, -0.25) is 4.79 Å². The Morgan fingerprint density at radius 1 is 1.32 bits per heavy atom. The maximum Gasteiger partial charge on any atom is 0.251 e. The molecular formula is C16H19N3OS2. The first-order valence-corrected chi connectivity index (χ1v) is 9.30. The Morgan fingerprint density at radius 2 is 2.18 bits per heavy atom. The summed E-state index contributed by atoms with van der Waals surface area (Å²) in [6, 6.07) is 8.87. The predicted molar refractivity (Wildman–Crippen MR) is 91.5 cm³/mol. The molecule has 1 aromatic rings. The summed E-state index contributed by atoms with van der Waals surface area (Å²) in [5.74, 6) is 0.676. The zero-order valence-electron chi connectivity index (χ0n) is 12.2. The molecule has 1 saturated carbocycles. The zero-order chi connectivity index (χ0) is 14.9. The van der Waals surface area contributed by atoms with Gasteiger partial charge in [0.1, 0.15) is 0 Å². The molecule has 3 unspecified atom stereocenters. The molecule has 0 radical (unpaired) electrons. The highest BCUT2D eigenvalue weighted by atomic mass is 32.2. The molecular weight excluding hydrogens is 314 g/mol. The molecule has 1 aromatic carbocycles. The fourth-order valence-electron chi connectivity index (χ4n) is 3.39. The van der Waals surface area contributed by atoms with Crippen molar-refractivity contribution in [3.05, 3.63) is 41.3 Å². The van der Waals surface area contributed by atoms with Gasteiger partial charge in [-0.15, -0.1) is 0 Å². The topological polar surface area (TPSA) is 44.4 Å². The van der Waals surface area contributed by atoms with Gasteiger partial charge in [0.05, 0.1) is 0 Å². The Kier molecular flexibility index (Phi) is 4.17. The fraction of sp³-hybridized carbons (Fsp3) is 0.438. The third-order valence-electron chi connectivity index (χ3n) is 4.53. The Balaban J connectivity index is 1.34. The van der Waals surface area contributed by atoms with Crippen LogP contribution < -0.4 is 10.6 Å². The van der Waals surface area contributed by atoms with Crippen molar-refractivity contribution in [2.75, 3.05) is 13.1 Å². The van der Waals surface area contributed by atoms with E-state index < -0.39 is 0 Å². The van der Waals surface area contributed by atoms with Crippen LogP contribution in [0.3, 0.4) is 0 Å². The van der Waals surface area contributed by atoms with E-state index in [0.29, 0.717) is 18.0 Å². The van der Waals surface area contributed by atoms with Crippen molar-refractivity contribution in [1.29, 1.82) is 0 Å². The van der Waals surface area contributed by atoms with Crippen molar-refractivity contribution in [2.24, 2.45) is 5.92 Å². The summed E-state index contributed by atoms with van der Waals surface area (Å²) >= 11 is 3.41. The lowest BCUT2D eigenvalue weighted by Crippen LogP contribution is -2.44. The first kappa shape index (κ1) is 14.6. The molecule has 1 saturated heterocycles.